The van der Waals surface area contributed by atoms with Gasteiger partial charge in [0.1, 0.15) is 18.8 Å². The van der Waals surface area contributed by atoms with Gasteiger partial charge in [-0.15, -0.1) is 0 Å². The first kappa shape index (κ1) is 52.7. The molecule has 1 fully saturated rings. The highest BCUT2D eigenvalue weighted by molar-refractivity contribution is 6.74. The maximum Gasteiger partial charge on any atom is 0.311 e. The van der Waals surface area contributed by atoms with Crippen molar-refractivity contribution in [2.45, 2.75) is 165 Å². The minimum Gasteiger partial charge on any atom is -0.462 e. The first-order chi connectivity index (χ1) is 28.7. The van der Waals surface area contributed by atoms with Crippen molar-refractivity contribution in [2.24, 2.45) is 21.7 Å². The van der Waals surface area contributed by atoms with Crippen molar-refractivity contribution in [1.82, 2.24) is 4.90 Å². The van der Waals surface area contributed by atoms with Crippen LogP contribution in [0, 0.1) is 21.7 Å². The average molecular weight is 897 g/mol. The molecule has 2 amide bonds. The van der Waals surface area contributed by atoms with E-state index in [0.29, 0.717) is 23.2 Å². The Hall–Kier alpha value is -4.60. The van der Waals surface area contributed by atoms with Gasteiger partial charge in [-0.3, -0.25) is 33.7 Å². The van der Waals surface area contributed by atoms with Crippen LogP contribution in [-0.4, -0.2) is 86.7 Å². The molecule has 1 N–H and O–H groups in total. The first-order valence-electron chi connectivity index (χ1n) is 21.5. The molecule has 0 bridgehead atoms. The molecule has 15 heteroatoms. The SMILES string of the molecule is CC(C)(C)C(=O)OC[C@H]1O[C@@H](N(C=O)[C@@H](C(=O)Nc2ccccc2CO[Si](C)(C)C(C)(C)C)c2ccccc2)[C@H](OC(=O)C(C)(C)C)[C@@H](OC(=O)C(C)(C)C)[C@H]1OC(=O)C(C)(C)C. The Balaban J connectivity index is 2.33. The fourth-order valence-corrected chi connectivity index (χ4v) is 6.70. The highest BCUT2D eigenvalue weighted by Crippen LogP contribution is 2.39. The number of carbonyl (C=O) groups is 6. The Bertz CT molecular complexity index is 1930. The summed E-state index contributed by atoms with van der Waals surface area (Å²) >= 11 is 0. The van der Waals surface area contributed by atoms with Gasteiger partial charge in [0.25, 0.3) is 5.91 Å². The zero-order chi connectivity index (χ0) is 48.1. The molecule has 63 heavy (non-hydrogen) atoms. The fourth-order valence-electron chi connectivity index (χ4n) is 5.75. The Labute approximate surface area is 375 Å². The molecule has 1 saturated heterocycles. The second-order valence-electron chi connectivity index (χ2n) is 21.8. The third-order valence-corrected chi connectivity index (χ3v) is 15.4. The Morgan fingerprint density at radius 2 is 1.13 bits per heavy atom. The molecule has 1 heterocycles. The second-order valence-corrected chi connectivity index (χ2v) is 26.6. The predicted octanol–water partition coefficient (Wildman–Crippen LogP) is 8.53. The number of benzene rings is 2. The van der Waals surface area contributed by atoms with Gasteiger partial charge in [0.2, 0.25) is 6.41 Å². The summed E-state index contributed by atoms with van der Waals surface area (Å²) in [5.74, 6) is -3.57. The molecule has 1 aliphatic rings. The summed E-state index contributed by atoms with van der Waals surface area (Å²) < 4.78 is 37.5. The van der Waals surface area contributed by atoms with Gasteiger partial charge in [0, 0.05) is 5.69 Å². The Morgan fingerprint density at radius 3 is 1.60 bits per heavy atom. The van der Waals surface area contributed by atoms with Crippen molar-refractivity contribution < 1.29 is 56.9 Å². The topological polar surface area (TPSA) is 173 Å². The van der Waals surface area contributed by atoms with Crippen LogP contribution in [0.2, 0.25) is 18.1 Å². The molecule has 350 valence electrons. The molecule has 0 radical (unpaired) electrons. The molecular formula is C48H72N2O12Si. The zero-order valence-corrected chi connectivity index (χ0v) is 41.5. The third-order valence-electron chi connectivity index (χ3n) is 10.9. The normalized spacial score (nSPS) is 20.4. The third kappa shape index (κ3) is 13.9. The smallest absolute Gasteiger partial charge is 0.311 e. The number of ether oxygens (including phenoxy) is 5. The monoisotopic (exact) mass is 896 g/mol. The van der Waals surface area contributed by atoms with E-state index in [1.165, 1.54) is 0 Å². The van der Waals surface area contributed by atoms with E-state index in [2.05, 4.69) is 39.2 Å². The molecule has 0 saturated carbocycles. The van der Waals surface area contributed by atoms with E-state index >= 15 is 0 Å². The van der Waals surface area contributed by atoms with Crippen LogP contribution in [-0.2, 0) is 63.5 Å². The van der Waals surface area contributed by atoms with Crippen LogP contribution in [0.1, 0.15) is 121 Å². The van der Waals surface area contributed by atoms with Gasteiger partial charge in [-0.25, -0.2) is 0 Å². The predicted molar refractivity (Wildman–Crippen MR) is 241 cm³/mol. The molecule has 6 atom stereocenters. The van der Waals surface area contributed by atoms with Crippen LogP contribution in [0.5, 0.6) is 0 Å². The van der Waals surface area contributed by atoms with Crippen molar-refractivity contribution in [3.8, 4) is 0 Å². The van der Waals surface area contributed by atoms with E-state index in [1.54, 1.807) is 126 Å². The number of carbonyl (C=O) groups excluding carboxylic acids is 6. The van der Waals surface area contributed by atoms with Crippen molar-refractivity contribution >= 4 is 50.2 Å². The van der Waals surface area contributed by atoms with Gasteiger partial charge in [-0.05, 0) is 118 Å². The van der Waals surface area contributed by atoms with Crippen molar-refractivity contribution in [3.63, 3.8) is 0 Å². The fraction of sp³-hybridized carbons (Fsp3) is 0.625. The quantitative estimate of drug-likeness (QED) is 0.0830. The summed E-state index contributed by atoms with van der Waals surface area (Å²) in [7, 11) is -2.22. The highest BCUT2D eigenvalue weighted by Gasteiger charge is 2.57. The van der Waals surface area contributed by atoms with Gasteiger partial charge in [0.05, 0.1) is 28.3 Å². The number of esters is 4. The summed E-state index contributed by atoms with van der Waals surface area (Å²) in [6.45, 7) is 29.8. The van der Waals surface area contributed by atoms with E-state index in [-0.39, 0.29) is 11.6 Å². The number of hydrogen-bond donors (Lipinski definition) is 1. The maximum atomic E-state index is 14.9. The van der Waals surface area contributed by atoms with Gasteiger partial charge >= 0.3 is 23.9 Å². The number of amides is 2. The van der Waals surface area contributed by atoms with Crippen LogP contribution in [0.15, 0.2) is 54.6 Å². The van der Waals surface area contributed by atoms with Crippen molar-refractivity contribution in [1.29, 1.82) is 0 Å². The van der Waals surface area contributed by atoms with Crippen LogP contribution in [0.3, 0.4) is 0 Å². The number of nitrogens with one attached hydrogen (secondary N) is 1. The molecule has 14 nitrogen and oxygen atoms in total. The number of anilines is 1. The molecule has 2 aromatic carbocycles. The van der Waals surface area contributed by atoms with Gasteiger partial charge in [-0.1, -0.05) is 69.3 Å². The lowest BCUT2D eigenvalue weighted by Gasteiger charge is -2.49. The van der Waals surface area contributed by atoms with Gasteiger partial charge < -0.3 is 33.4 Å². The number of rotatable bonds is 14. The molecule has 0 aromatic heterocycles. The van der Waals surface area contributed by atoms with Crippen LogP contribution in [0.25, 0.3) is 0 Å². The first-order valence-corrected chi connectivity index (χ1v) is 24.4. The van der Waals surface area contributed by atoms with E-state index in [1.807, 2.05) is 12.1 Å². The Kier molecular flexibility index (Phi) is 16.8. The van der Waals surface area contributed by atoms with Crippen LogP contribution >= 0.6 is 0 Å². The Morgan fingerprint density at radius 1 is 0.667 bits per heavy atom. The summed E-state index contributed by atoms with van der Waals surface area (Å²) in [4.78, 5) is 84.7. The molecular weight excluding hydrogens is 825 g/mol. The zero-order valence-electron chi connectivity index (χ0n) is 40.5. The van der Waals surface area contributed by atoms with E-state index in [4.69, 9.17) is 28.1 Å². The summed E-state index contributed by atoms with van der Waals surface area (Å²) in [6, 6.07) is 14.2. The maximum absolute atomic E-state index is 14.9. The molecule has 2 aromatic rings. The van der Waals surface area contributed by atoms with Crippen LogP contribution < -0.4 is 5.32 Å². The largest absolute Gasteiger partial charge is 0.462 e. The molecule has 0 spiro atoms. The van der Waals surface area contributed by atoms with E-state index in [9.17, 15) is 28.8 Å². The summed E-state index contributed by atoms with van der Waals surface area (Å²) in [6.07, 6.45) is -7.65. The summed E-state index contributed by atoms with van der Waals surface area (Å²) in [5, 5.41) is 2.93. The lowest BCUT2D eigenvalue weighted by atomic mass is 9.91. The average Bonchev–Trinajstić information content (AvgIpc) is 3.15. The van der Waals surface area contributed by atoms with E-state index < -0.39 is 103 Å². The standard InChI is InChI=1S/C48H72N2O12Si/c1-44(2,3)40(53)57-28-33-35(60-41(54)45(4,5)6)36(61-42(55)46(7,8)9)37(62-43(56)47(10,11)12)39(59-33)50(29-51)34(30-23-19-18-20-24-30)38(52)49-32-26-22-21-25-31(32)27-58-63(16,17)48(13,14)15/h18-26,29,33-37,39H,27-28H2,1-17H3,(H,49,52)/t33-,34-,35+,36+,37-,39-/m1/s1. The number of nitrogens with zero attached hydrogens (tertiary/aromatic N) is 1. The summed E-state index contributed by atoms with van der Waals surface area (Å²) in [5.41, 5.74) is -2.84. The van der Waals surface area contributed by atoms with Gasteiger partial charge in [0.15, 0.2) is 32.9 Å². The van der Waals surface area contributed by atoms with Crippen LogP contribution in [0.4, 0.5) is 5.69 Å². The second kappa shape index (κ2) is 20.1. The lowest BCUT2D eigenvalue weighted by Crippen LogP contribution is -2.67. The minimum atomic E-state index is -2.22. The number of hydrogen-bond acceptors (Lipinski definition) is 12. The van der Waals surface area contributed by atoms with Crippen molar-refractivity contribution in [2.75, 3.05) is 11.9 Å². The highest BCUT2D eigenvalue weighted by atomic mass is 28.4. The molecule has 0 unspecified atom stereocenters. The molecule has 1 aliphatic heterocycles. The molecule has 3 rings (SSSR count). The van der Waals surface area contributed by atoms with E-state index in [0.717, 1.165) is 4.90 Å². The molecule has 0 aliphatic carbocycles. The van der Waals surface area contributed by atoms with Crippen molar-refractivity contribution in [3.05, 3.63) is 65.7 Å². The van der Waals surface area contributed by atoms with Gasteiger partial charge in [-0.2, -0.15) is 0 Å². The lowest BCUT2D eigenvalue weighted by molar-refractivity contribution is -0.282. The minimum absolute atomic E-state index is 0.0763. The number of para-hydroxylation sites is 1.